The number of hydrogen-bond acceptors (Lipinski definition) is 6. The van der Waals surface area contributed by atoms with E-state index < -0.39 is 0 Å². The number of anilines is 1. The molecule has 0 bridgehead atoms. The highest BCUT2D eigenvalue weighted by molar-refractivity contribution is 5.94. The minimum absolute atomic E-state index is 0.115. The van der Waals surface area contributed by atoms with Gasteiger partial charge in [-0.15, -0.1) is 0 Å². The summed E-state index contributed by atoms with van der Waals surface area (Å²) in [5.41, 5.74) is 2.75. The Morgan fingerprint density at radius 2 is 1.53 bits per heavy atom. The molecule has 8 nitrogen and oxygen atoms in total. The first-order chi connectivity index (χ1) is 17.6. The molecule has 0 radical (unpaired) electrons. The molecule has 0 aliphatic carbocycles. The summed E-state index contributed by atoms with van der Waals surface area (Å²) in [5, 5.41) is 11.3. The van der Waals surface area contributed by atoms with Crippen LogP contribution in [0.4, 0.5) is 5.82 Å². The average molecular weight is 494 g/mol. The second kappa shape index (κ2) is 14.1. The number of aromatic nitrogens is 2. The van der Waals surface area contributed by atoms with E-state index in [0.717, 1.165) is 79.8 Å². The van der Waals surface area contributed by atoms with Crippen molar-refractivity contribution in [1.29, 1.82) is 0 Å². The second-order valence-corrected chi connectivity index (χ2v) is 8.60. The van der Waals surface area contributed by atoms with Gasteiger partial charge in [0.1, 0.15) is 5.82 Å². The lowest BCUT2D eigenvalue weighted by molar-refractivity contribution is 0.0736. The van der Waals surface area contributed by atoms with Gasteiger partial charge in [-0.25, -0.2) is 4.68 Å². The number of ether oxygens (including phenoxy) is 2. The number of nitrogens with zero attached hydrogens (tertiary/aromatic N) is 3. The molecule has 5 rings (SSSR count). The second-order valence-electron chi connectivity index (χ2n) is 8.60. The third-order valence-electron chi connectivity index (χ3n) is 5.75. The standard InChI is InChI=1S/C17H21N5O.C8H10O2.C3H8/c23-17(21-10-7-18-8-11-21)14-4-2-13(3-5-14)15-12-16-19-6-1-9-22(16)20-15;1-9-7-5-3-4-6-8(7)10-2;1-3-2/h2-5,12,18-19H,1,6-11H2;3-6H,1-2H3;3H2,1-2H3. The molecule has 0 atom stereocenters. The first-order valence-corrected chi connectivity index (χ1v) is 12.7. The molecule has 1 saturated heterocycles. The molecule has 2 N–H and O–H groups in total. The lowest BCUT2D eigenvalue weighted by Crippen LogP contribution is -2.46. The van der Waals surface area contributed by atoms with Crippen LogP contribution in [0.25, 0.3) is 11.3 Å². The van der Waals surface area contributed by atoms with Crippen molar-refractivity contribution in [2.24, 2.45) is 0 Å². The number of para-hydroxylation sites is 2. The molecule has 3 aromatic rings. The van der Waals surface area contributed by atoms with Crippen LogP contribution < -0.4 is 20.1 Å². The lowest BCUT2D eigenvalue weighted by Gasteiger charge is -2.27. The molecule has 0 spiro atoms. The number of carbonyl (C=O) groups is 1. The Balaban J connectivity index is 0.000000232. The lowest BCUT2D eigenvalue weighted by atomic mass is 10.1. The zero-order chi connectivity index (χ0) is 25.8. The van der Waals surface area contributed by atoms with Crippen LogP contribution in [0.15, 0.2) is 54.6 Å². The largest absolute Gasteiger partial charge is 0.493 e. The van der Waals surface area contributed by atoms with Crippen molar-refractivity contribution in [1.82, 2.24) is 20.0 Å². The van der Waals surface area contributed by atoms with E-state index in [0.29, 0.717) is 0 Å². The third-order valence-corrected chi connectivity index (χ3v) is 5.75. The van der Waals surface area contributed by atoms with Gasteiger partial charge in [0.2, 0.25) is 0 Å². The Hall–Kier alpha value is -3.52. The minimum Gasteiger partial charge on any atom is -0.493 e. The molecule has 1 aromatic heterocycles. The first kappa shape index (κ1) is 27.1. The fourth-order valence-electron chi connectivity index (χ4n) is 3.94. The van der Waals surface area contributed by atoms with Crippen LogP contribution in [0.5, 0.6) is 11.5 Å². The molecule has 8 heteroatoms. The van der Waals surface area contributed by atoms with E-state index in [4.69, 9.17) is 9.47 Å². The highest BCUT2D eigenvalue weighted by Gasteiger charge is 2.18. The quantitative estimate of drug-likeness (QED) is 0.556. The third kappa shape index (κ3) is 7.24. The average Bonchev–Trinajstić information content (AvgIpc) is 3.38. The number of hydrogen-bond donors (Lipinski definition) is 2. The van der Waals surface area contributed by atoms with Crippen molar-refractivity contribution < 1.29 is 14.3 Å². The van der Waals surface area contributed by atoms with E-state index in [2.05, 4.69) is 35.6 Å². The summed E-state index contributed by atoms with van der Waals surface area (Å²) in [6, 6.07) is 17.4. The highest BCUT2D eigenvalue weighted by atomic mass is 16.5. The Kier molecular flexibility index (Phi) is 10.6. The summed E-state index contributed by atoms with van der Waals surface area (Å²) in [6.45, 7) is 9.51. The number of benzene rings is 2. The number of amides is 1. The van der Waals surface area contributed by atoms with E-state index in [9.17, 15) is 4.79 Å². The van der Waals surface area contributed by atoms with Crippen LogP contribution in [0.1, 0.15) is 37.0 Å². The van der Waals surface area contributed by atoms with Crippen LogP contribution in [-0.4, -0.2) is 67.5 Å². The van der Waals surface area contributed by atoms with E-state index in [-0.39, 0.29) is 5.91 Å². The number of aryl methyl sites for hydroxylation is 1. The van der Waals surface area contributed by atoms with E-state index in [1.807, 2.05) is 58.1 Å². The fourth-order valence-corrected chi connectivity index (χ4v) is 3.94. The van der Waals surface area contributed by atoms with Gasteiger partial charge in [-0.2, -0.15) is 5.10 Å². The van der Waals surface area contributed by atoms with Crippen LogP contribution >= 0.6 is 0 Å². The van der Waals surface area contributed by atoms with Gasteiger partial charge in [0.15, 0.2) is 11.5 Å². The highest BCUT2D eigenvalue weighted by Crippen LogP contribution is 2.25. The van der Waals surface area contributed by atoms with Gasteiger partial charge >= 0.3 is 0 Å². The van der Waals surface area contributed by atoms with Crippen LogP contribution in [0.3, 0.4) is 0 Å². The van der Waals surface area contributed by atoms with Crippen molar-refractivity contribution in [2.75, 3.05) is 52.3 Å². The summed E-state index contributed by atoms with van der Waals surface area (Å²) in [4.78, 5) is 14.4. The van der Waals surface area contributed by atoms with Crippen LogP contribution in [-0.2, 0) is 6.54 Å². The number of methoxy groups -OCH3 is 2. The predicted octanol–water partition coefficient (Wildman–Crippen LogP) is 4.53. The Labute approximate surface area is 214 Å². The summed E-state index contributed by atoms with van der Waals surface area (Å²) in [5.74, 6) is 2.73. The maximum Gasteiger partial charge on any atom is 0.253 e. The summed E-state index contributed by atoms with van der Waals surface area (Å²) in [7, 11) is 3.25. The molecule has 2 aliphatic rings. The fraction of sp³-hybridized carbons (Fsp3) is 0.429. The molecule has 36 heavy (non-hydrogen) atoms. The van der Waals surface area contributed by atoms with Crippen molar-refractivity contribution in [3.8, 4) is 22.8 Å². The zero-order valence-electron chi connectivity index (χ0n) is 21.9. The van der Waals surface area contributed by atoms with Gasteiger partial charge in [0.05, 0.1) is 19.9 Å². The Bertz CT molecular complexity index is 1030. The molecule has 3 heterocycles. The maximum absolute atomic E-state index is 12.5. The van der Waals surface area contributed by atoms with Crippen LogP contribution in [0, 0.1) is 0 Å². The van der Waals surface area contributed by atoms with E-state index in [1.54, 1.807) is 14.2 Å². The first-order valence-electron chi connectivity index (χ1n) is 12.7. The number of nitrogens with one attached hydrogen (secondary N) is 2. The van der Waals surface area contributed by atoms with Gasteiger partial charge in [-0.3, -0.25) is 4.79 Å². The Morgan fingerprint density at radius 3 is 2.08 bits per heavy atom. The van der Waals surface area contributed by atoms with Gasteiger partial charge < -0.3 is 25.0 Å². The molecule has 1 amide bonds. The summed E-state index contributed by atoms with van der Waals surface area (Å²) in [6.07, 6.45) is 2.35. The number of rotatable bonds is 4. The molecule has 2 aromatic carbocycles. The number of fused-ring (bicyclic) bond motifs is 1. The maximum atomic E-state index is 12.5. The van der Waals surface area contributed by atoms with Crippen molar-refractivity contribution in [3.05, 3.63) is 60.2 Å². The summed E-state index contributed by atoms with van der Waals surface area (Å²) >= 11 is 0. The number of piperazine rings is 1. The topological polar surface area (TPSA) is 80.6 Å². The molecule has 0 unspecified atom stereocenters. The monoisotopic (exact) mass is 493 g/mol. The summed E-state index contributed by atoms with van der Waals surface area (Å²) < 4.78 is 12.0. The molecule has 194 valence electrons. The van der Waals surface area contributed by atoms with E-state index in [1.165, 1.54) is 6.42 Å². The van der Waals surface area contributed by atoms with Crippen molar-refractivity contribution >= 4 is 11.7 Å². The van der Waals surface area contributed by atoms with Gasteiger partial charge in [-0.1, -0.05) is 44.5 Å². The van der Waals surface area contributed by atoms with Crippen molar-refractivity contribution in [3.63, 3.8) is 0 Å². The Morgan fingerprint density at radius 1 is 0.917 bits per heavy atom. The van der Waals surface area contributed by atoms with Gasteiger partial charge in [-0.05, 0) is 30.7 Å². The zero-order valence-corrected chi connectivity index (χ0v) is 21.9. The predicted molar refractivity (Wildman–Crippen MR) is 145 cm³/mol. The molecule has 1 fully saturated rings. The SMILES string of the molecule is CCC.COc1ccccc1OC.O=C(c1ccc(-c2cc3n(n2)CCCN3)cc1)N1CCNCC1. The molecular formula is C28H39N5O3. The van der Waals surface area contributed by atoms with Crippen LogP contribution in [0.2, 0.25) is 0 Å². The smallest absolute Gasteiger partial charge is 0.253 e. The molecule has 0 saturated carbocycles. The van der Waals surface area contributed by atoms with Crippen molar-refractivity contribution in [2.45, 2.75) is 33.2 Å². The minimum atomic E-state index is 0.115. The van der Waals surface area contributed by atoms with Gasteiger partial charge in [0.25, 0.3) is 5.91 Å². The van der Waals surface area contributed by atoms with Gasteiger partial charge in [0, 0.05) is 56.5 Å². The van der Waals surface area contributed by atoms with E-state index >= 15 is 0 Å². The number of carbonyl (C=O) groups excluding carboxylic acids is 1. The molecular weight excluding hydrogens is 454 g/mol. The normalized spacial score (nSPS) is 14.2. The molecule has 2 aliphatic heterocycles.